The maximum atomic E-state index is 12.1. The summed E-state index contributed by atoms with van der Waals surface area (Å²) in [7, 11) is 0. The minimum absolute atomic E-state index is 0.0118. The molecule has 1 aromatic heterocycles. The molecule has 0 bridgehead atoms. The van der Waals surface area contributed by atoms with Gasteiger partial charge in [0.05, 0.1) is 28.0 Å². The molecule has 1 heterocycles. The third kappa shape index (κ3) is 3.96. The molecule has 0 unspecified atom stereocenters. The zero-order chi connectivity index (χ0) is 17.7. The predicted molar refractivity (Wildman–Crippen MR) is 88.1 cm³/mol. The van der Waals surface area contributed by atoms with Crippen LogP contribution in [0.15, 0.2) is 36.7 Å². The first-order valence-corrected chi connectivity index (χ1v) is 7.68. The van der Waals surface area contributed by atoms with Crippen LogP contribution in [0.2, 0.25) is 0 Å². The zero-order valence-corrected chi connectivity index (χ0v) is 13.6. The third-order valence-electron chi connectivity index (χ3n) is 4.06. The monoisotopic (exact) mass is 332 g/mol. The molecule has 24 heavy (non-hydrogen) atoms. The summed E-state index contributed by atoms with van der Waals surface area (Å²) in [6.45, 7) is 3.89. The molecule has 8 nitrogen and oxygen atoms in total. The fourth-order valence-corrected chi connectivity index (χ4v) is 2.16. The number of rotatable bonds is 7. The Labute approximate surface area is 139 Å². The molecule has 8 heteroatoms. The number of hydrogen-bond donors (Lipinski definition) is 2. The Morgan fingerprint density at radius 2 is 1.96 bits per heavy atom. The summed E-state index contributed by atoms with van der Waals surface area (Å²) >= 11 is 0. The smallest absolute Gasteiger partial charge is 0.269 e. The number of aliphatic hydroxyl groups is 1. The lowest BCUT2D eigenvalue weighted by Crippen LogP contribution is -2.41. The van der Waals surface area contributed by atoms with Gasteiger partial charge in [-0.3, -0.25) is 14.9 Å². The number of carbonyl (C=O) groups is 1. The number of nitrogens with one attached hydrogen (secondary N) is 1. The molecule has 0 fully saturated rings. The summed E-state index contributed by atoms with van der Waals surface area (Å²) in [6.07, 6.45) is 4.04. The van der Waals surface area contributed by atoms with E-state index < -0.39 is 10.5 Å². The van der Waals surface area contributed by atoms with Gasteiger partial charge in [0.15, 0.2) is 0 Å². The lowest BCUT2D eigenvalue weighted by molar-refractivity contribution is -0.384. The quantitative estimate of drug-likeness (QED) is 0.595. The highest BCUT2D eigenvalue weighted by atomic mass is 16.6. The number of amides is 1. The minimum Gasteiger partial charge on any atom is -0.388 e. The molecule has 0 aliphatic carbocycles. The molecule has 1 amide bonds. The van der Waals surface area contributed by atoms with Crippen molar-refractivity contribution in [2.45, 2.75) is 32.3 Å². The Morgan fingerprint density at radius 3 is 2.50 bits per heavy atom. The van der Waals surface area contributed by atoms with E-state index in [1.807, 2.05) is 13.8 Å². The van der Waals surface area contributed by atoms with Gasteiger partial charge in [-0.25, -0.2) is 4.68 Å². The number of nitro groups is 1. The van der Waals surface area contributed by atoms with E-state index >= 15 is 0 Å². The summed E-state index contributed by atoms with van der Waals surface area (Å²) in [6, 6.07) is 5.86. The molecule has 2 N–H and O–H groups in total. The van der Waals surface area contributed by atoms with Crippen molar-refractivity contribution in [2.75, 3.05) is 6.54 Å². The van der Waals surface area contributed by atoms with Gasteiger partial charge in [-0.15, -0.1) is 0 Å². The van der Waals surface area contributed by atoms with Gasteiger partial charge in [0, 0.05) is 24.9 Å². The molecule has 0 aliphatic rings. The topological polar surface area (TPSA) is 110 Å². The van der Waals surface area contributed by atoms with Gasteiger partial charge >= 0.3 is 0 Å². The Balaban J connectivity index is 2.07. The molecule has 2 aromatic rings. The van der Waals surface area contributed by atoms with Crippen molar-refractivity contribution in [2.24, 2.45) is 0 Å². The highest BCUT2D eigenvalue weighted by Gasteiger charge is 2.23. The normalized spacial score (nSPS) is 11.3. The average molecular weight is 332 g/mol. The van der Waals surface area contributed by atoms with E-state index in [-0.39, 0.29) is 18.1 Å². The van der Waals surface area contributed by atoms with Crippen LogP contribution in [-0.2, 0) is 0 Å². The van der Waals surface area contributed by atoms with Crippen molar-refractivity contribution in [1.82, 2.24) is 15.1 Å². The van der Waals surface area contributed by atoms with Gasteiger partial charge in [0.2, 0.25) is 0 Å². The summed E-state index contributed by atoms with van der Waals surface area (Å²) in [5, 5.41) is 27.6. The van der Waals surface area contributed by atoms with Gasteiger partial charge in [0.25, 0.3) is 11.6 Å². The summed E-state index contributed by atoms with van der Waals surface area (Å²) in [5.41, 5.74) is 0.0350. The molecule has 0 aliphatic heterocycles. The van der Waals surface area contributed by atoms with Crippen LogP contribution in [0.4, 0.5) is 5.69 Å². The average Bonchev–Trinajstić information content (AvgIpc) is 3.09. The Bertz CT molecular complexity index is 720. The maximum absolute atomic E-state index is 12.1. The van der Waals surface area contributed by atoms with Crippen LogP contribution in [0.5, 0.6) is 0 Å². The number of carbonyl (C=O) groups excluding carboxylic acids is 1. The van der Waals surface area contributed by atoms with E-state index in [1.165, 1.54) is 29.2 Å². The van der Waals surface area contributed by atoms with E-state index in [2.05, 4.69) is 10.4 Å². The summed E-state index contributed by atoms with van der Waals surface area (Å²) < 4.78 is 1.46. The van der Waals surface area contributed by atoms with Crippen molar-refractivity contribution in [3.63, 3.8) is 0 Å². The van der Waals surface area contributed by atoms with Gasteiger partial charge < -0.3 is 10.4 Å². The lowest BCUT2D eigenvalue weighted by Gasteiger charge is -2.25. The van der Waals surface area contributed by atoms with Crippen molar-refractivity contribution < 1.29 is 14.8 Å². The zero-order valence-electron chi connectivity index (χ0n) is 13.6. The SMILES string of the molecule is CCC(O)(CC)CNC(=O)c1cnn(-c2ccc([N+](=O)[O-])cc2)c1. The second-order valence-electron chi connectivity index (χ2n) is 5.56. The molecule has 1 aromatic carbocycles. The van der Waals surface area contributed by atoms with E-state index in [9.17, 15) is 20.0 Å². The summed E-state index contributed by atoms with van der Waals surface area (Å²) in [5.74, 6) is -0.330. The van der Waals surface area contributed by atoms with Crippen LogP contribution in [0.1, 0.15) is 37.0 Å². The maximum Gasteiger partial charge on any atom is 0.269 e. The molecule has 0 spiro atoms. The number of hydrogen-bond acceptors (Lipinski definition) is 5. The number of aromatic nitrogens is 2. The van der Waals surface area contributed by atoms with Crippen molar-refractivity contribution in [3.8, 4) is 5.69 Å². The minimum atomic E-state index is -0.913. The molecule has 0 radical (unpaired) electrons. The van der Waals surface area contributed by atoms with Crippen molar-refractivity contribution in [3.05, 3.63) is 52.3 Å². The number of non-ortho nitro benzene ring substituents is 1. The van der Waals surface area contributed by atoms with Gasteiger partial charge in [-0.1, -0.05) is 13.8 Å². The highest BCUT2D eigenvalue weighted by molar-refractivity contribution is 5.93. The highest BCUT2D eigenvalue weighted by Crippen LogP contribution is 2.16. The first-order valence-electron chi connectivity index (χ1n) is 7.68. The van der Waals surface area contributed by atoms with Crippen LogP contribution in [0.3, 0.4) is 0 Å². The standard InChI is InChI=1S/C16H20N4O4/c1-3-16(22,4-2)11-17-15(21)12-9-18-19(10-12)13-5-7-14(8-6-13)20(23)24/h5-10,22H,3-4,11H2,1-2H3,(H,17,21). The van der Waals surface area contributed by atoms with Crippen LogP contribution < -0.4 is 5.32 Å². The molecule has 128 valence electrons. The number of nitro benzene ring substituents is 1. The Kier molecular flexibility index (Phi) is 5.30. The van der Waals surface area contributed by atoms with Crippen LogP contribution in [-0.4, -0.2) is 37.9 Å². The van der Waals surface area contributed by atoms with Crippen molar-refractivity contribution in [1.29, 1.82) is 0 Å². The molecular weight excluding hydrogens is 312 g/mol. The molecule has 0 atom stereocenters. The first-order chi connectivity index (χ1) is 11.4. The van der Waals surface area contributed by atoms with E-state index in [4.69, 9.17) is 0 Å². The van der Waals surface area contributed by atoms with Crippen LogP contribution in [0, 0.1) is 10.1 Å². The lowest BCUT2D eigenvalue weighted by atomic mass is 9.97. The molecule has 0 saturated heterocycles. The van der Waals surface area contributed by atoms with E-state index in [0.717, 1.165) is 0 Å². The fourth-order valence-electron chi connectivity index (χ4n) is 2.16. The van der Waals surface area contributed by atoms with Gasteiger partial charge in [-0.05, 0) is 25.0 Å². The molecular formula is C16H20N4O4. The third-order valence-corrected chi connectivity index (χ3v) is 4.06. The molecule has 2 rings (SSSR count). The Morgan fingerprint density at radius 1 is 1.33 bits per heavy atom. The van der Waals surface area contributed by atoms with Gasteiger partial charge in [-0.2, -0.15) is 5.10 Å². The predicted octanol–water partition coefficient (Wildman–Crippen LogP) is 2.06. The fraction of sp³-hybridized carbons (Fsp3) is 0.375. The second kappa shape index (κ2) is 7.22. The number of benzene rings is 1. The van der Waals surface area contributed by atoms with Crippen molar-refractivity contribution >= 4 is 11.6 Å². The van der Waals surface area contributed by atoms with E-state index in [1.54, 1.807) is 12.1 Å². The second-order valence-corrected chi connectivity index (χ2v) is 5.56. The Hall–Kier alpha value is -2.74. The first kappa shape index (κ1) is 17.6. The number of nitrogens with zero attached hydrogens (tertiary/aromatic N) is 3. The van der Waals surface area contributed by atoms with Crippen LogP contribution in [0.25, 0.3) is 5.69 Å². The molecule has 0 saturated carbocycles. The van der Waals surface area contributed by atoms with Crippen LogP contribution >= 0.6 is 0 Å². The van der Waals surface area contributed by atoms with E-state index in [0.29, 0.717) is 24.1 Å². The van der Waals surface area contributed by atoms with Gasteiger partial charge in [0.1, 0.15) is 0 Å². The summed E-state index contributed by atoms with van der Waals surface area (Å²) in [4.78, 5) is 22.3. The largest absolute Gasteiger partial charge is 0.388 e.